The number of rotatable bonds is 5. The summed E-state index contributed by atoms with van der Waals surface area (Å²) in [4.78, 5) is 40.5. The Morgan fingerprint density at radius 2 is 1.84 bits per heavy atom. The summed E-state index contributed by atoms with van der Waals surface area (Å²) in [6.45, 7) is -0.298. The van der Waals surface area contributed by atoms with Gasteiger partial charge in [0.25, 0.3) is 5.91 Å². The molecular weight excluding hydrogens is 410 g/mol. The summed E-state index contributed by atoms with van der Waals surface area (Å²) in [5.74, 6) is -0.732. The summed E-state index contributed by atoms with van der Waals surface area (Å²) < 4.78 is 0. The number of fused-ring (bicyclic) bond motifs is 2. The number of carbonyl (C=O) groups excluding carboxylic acids is 3. The fourth-order valence-electron chi connectivity index (χ4n) is 4.89. The van der Waals surface area contributed by atoms with Gasteiger partial charge in [-0.15, -0.1) is 11.8 Å². The first-order valence-corrected chi connectivity index (χ1v) is 11.7. The molecule has 1 unspecified atom stereocenters. The predicted octanol–water partition coefficient (Wildman–Crippen LogP) is 4.05. The van der Waals surface area contributed by atoms with Crippen LogP contribution in [0.5, 0.6) is 0 Å². The minimum absolute atomic E-state index is 0.298. The van der Waals surface area contributed by atoms with Crippen LogP contribution in [-0.2, 0) is 21.5 Å². The molecule has 2 aliphatic carbocycles. The van der Waals surface area contributed by atoms with Gasteiger partial charge in [0.15, 0.2) is 0 Å². The van der Waals surface area contributed by atoms with Crippen molar-refractivity contribution in [3.05, 3.63) is 59.7 Å². The summed E-state index contributed by atoms with van der Waals surface area (Å²) in [7, 11) is 0. The molecule has 0 radical (unpaired) electrons. The second kappa shape index (κ2) is 8.04. The van der Waals surface area contributed by atoms with Crippen LogP contribution in [0, 0.1) is 0 Å². The van der Waals surface area contributed by atoms with Gasteiger partial charge in [0.05, 0.1) is 0 Å². The normalized spacial score (nSPS) is 22.8. The maximum Gasteiger partial charge on any atom is 0.325 e. The molecule has 7 heteroatoms. The van der Waals surface area contributed by atoms with E-state index < -0.39 is 11.6 Å². The number of nitrogens with zero attached hydrogens (tertiary/aromatic N) is 1. The summed E-state index contributed by atoms with van der Waals surface area (Å²) in [6, 6.07) is 14.9. The molecule has 160 valence electrons. The average molecular weight is 436 g/mol. The van der Waals surface area contributed by atoms with Gasteiger partial charge < -0.3 is 10.6 Å². The van der Waals surface area contributed by atoms with E-state index in [0.29, 0.717) is 17.4 Å². The maximum atomic E-state index is 13.2. The number of hydrogen-bond donors (Lipinski definition) is 2. The predicted molar refractivity (Wildman–Crippen MR) is 120 cm³/mol. The van der Waals surface area contributed by atoms with Gasteiger partial charge in [-0.3, -0.25) is 14.5 Å². The molecule has 31 heavy (non-hydrogen) atoms. The molecule has 4 amide bonds. The van der Waals surface area contributed by atoms with Crippen molar-refractivity contribution >= 4 is 35.3 Å². The first kappa shape index (κ1) is 20.1. The largest absolute Gasteiger partial charge is 0.325 e. The van der Waals surface area contributed by atoms with Crippen molar-refractivity contribution in [1.82, 2.24) is 10.2 Å². The molecule has 1 saturated heterocycles. The van der Waals surface area contributed by atoms with Gasteiger partial charge in [0, 0.05) is 15.8 Å². The van der Waals surface area contributed by atoms with Gasteiger partial charge in [-0.1, -0.05) is 37.1 Å². The number of anilines is 1. The molecule has 2 aromatic rings. The van der Waals surface area contributed by atoms with Gasteiger partial charge in [-0.2, -0.15) is 0 Å². The van der Waals surface area contributed by atoms with Gasteiger partial charge >= 0.3 is 6.03 Å². The lowest BCUT2D eigenvalue weighted by molar-refractivity contribution is -0.134. The van der Waals surface area contributed by atoms with Crippen molar-refractivity contribution < 1.29 is 14.4 Å². The highest BCUT2D eigenvalue weighted by molar-refractivity contribution is 8.00. The highest BCUT2D eigenvalue weighted by Crippen LogP contribution is 2.41. The lowest BCUT2D eigenvalue weighted by Gasteiger charge is -2.22. The van der Waals surface area contributed by atoms with Crippen LogP contribution in [0.3, 0.4) is 0 Å². The molecule has 0 bridgehead atoms. The minimum atomic E-state index is -1.03. The van der Waals surface area contributed by atoms with Crippen molar-refractivity contribution in [1.29, 1.82) is 0 Å². The second-order valence-electron chi connectivity index (χ2n) is 8.48. The summed E-state index contributed by atoms with van der Waals surface area (Å²) in [5.41, 5.74) is 1.53. The van der Waals surface area contributed by atoms with E-state index in [9.17, 15) is 14.4 Å². The van der Waals surface area contributed by atoms with Crippen molar-refractivity contribution in [3.8, 4) is 0 Å². The van der Waals surface area contributed by atoms with Crippen LogP contribution < -0.4 is 10.6 Å². The lowest BCUT2D eigenvalue weighted by atomic mass is 9.92. The second-order valence-corrected chi connectivity index (χ2v) is 9.85. The van der Waals surface area contributed by atoms with Crippen LogP contribution >= 0.6 is 11.8 Å². The fraction of sp³-hybridized carbons (Fsp3) is 0.375. The van der Waals surface area contributed by atoms with Gasteiger partial charge in [-0.25, -0.2) is 4.79 Å². The van der Waals surface area contributed by atoms with E-state index in [1.807, 2.05) is 60.3 Å². The zero-order chi connectivity index (χ0) is 21.4. The minimum Gasteiger partial charge on any atom is -0.325 e. The van der Waals surface area contributed by atoms with Crippen LogP contribution in [0.15, 0.2) is 53.4 Å². The Kier molecular flexibility index (Phi) is 5.22. The van der Waals surface area contributed by atoms with E-state index in [-0.39, 0.29) is 18.4 Å². The van der Waals surface area contributed by atoms with Crippen LogP contribution in [0.4, 0.5) is 10.5 Å². The third-order valence-corrected chi connectivity index (χ3v) is 7.82. The van der Waals surface area contributed by atoms with Gasteiger partial charge in [0.2, 0.25) is 5.91 Å². The zero-order valence-electron chi connectivity index (χ0n) is 17.2. The maximum absolute atomic E-state index is 13.2. The third kappa shape index (κ3) is 3.71. The molecule has 1 saturated carbocycles. The summed E-state index contributed by atoms with van der Waals surface area (Å²) in [6.07, 6.45) is 6.40. The fourth-order valence-corrected chi connectivity index (χ4v) is 6.14. The topological polar surface area (TPSA) is 78.5 Å². The van der Waals surface area contributed by atoms with E-state index in [1.54, 1.807) is 0 Å². The number of urea groups is 1. The highest BCUT2D eigenvalue weighted by atomic mass is 32.2. The Hall–Kier alpha value is -2.80. The molecule has 2 fully saturated rings. The standard InChI is InChI=1S/C24H25N3O3S/c28-21(25-17-9-11-19(12-10-17)31-18-6-2-3-7-18)15-27-22(29)24(26-23(27)30)14-13-16-5-1-4-8-20(16)24/h1,4-5,8-12,18H,2-3,6-7,13-15H2,(H,25,28)(H,26,30). The van der Waals surface area contributed by atoms with E-state index in [2.05, 4.69) is 10.6 Å². The lowest BCUT2D eigenvalue weighted by Crippen LogP contribution is -2.42. The van der Waals surface area contributed by atoms with Crippen LogP contribution in [-0.4, -0.2) is 34.5 Å². The summed E-state index contributed by atoms with van der Waals surface area (Å²) in [5, 5.41) is 6.35. The van der Waals surface area contributed by atoms with Crippen LogP contribution in [0.25, 0.3) is 0 Å². The Morgan fingerprint density at radius 1 is 1.10 bits per heavy atom. The van der Waals surface area contributed by atoms with Crippen molar-refractivity contribution in [2.24, 2.45) is 0 Å². The number of thioether (sulfide) groups is 1. The molecule has 2 N–H and O–H groups in total. The van der Waals surface area contributed by atoms with E-state index in [1.165, 1.54) is 30.6 Å². The number of hydrogen-bond acceptors (Lipinski definition) is 4. The Bertz CT molecular complexity index is 1030. The van der Waals surface area contributed by atoms with Crippen LogP contribution in [0.2, 0.25) is 0 Å². The van der Waals surface area contributed by atoms with E-state index in [4.69, 9.17) is 0 Å². The third-order valence-electron chi connectivity index (χ3n) is 6.47. The molecule has 0 aromatic heterocycles. The SMILES string of the molecule is O=C(CN1C(=O)NC2(CCc3ccccc32)C1=O)Nc1ccc(SC2CCCC2)cc1. The Morgan fingerprint density at radius 3 is 2.61 bits per heavy atom. The molecule has 3 aliphatic rings. The molecule has 6 nitrogen and oxygen atoms in total. The number of nitrogens with one attached hydrogen (secondary N) is 2. The zero-order valence-corrected chi connectivity index (χ0v) is 18.0. The first-order chi connectivity index (χ1) is 15.0. The molecule has 2 aromatic carbocycles. The molecular formula is C24H25N3O3S. The van der Waals surface area contributed by atoms with Crippen molar-refractivity contribution in [2.75, 3.05) is 11.9 Å². The number of amides is 4. The smallest absolute Gasteiger partial charge is 0.325 e. The van der Waals surface area contributed by atoms with E-state index >= 15 is 0 Å². The van der Waals surface area contributed by atoms with Gasteiger partial charge in [0.1, 0.15) is 12.1 Å². The first-order valence-electron chi connectivity index (χ1n) is 10.8. The molecule has 1 heterocycles. The van der Waals surface area contributed by atoms with Crippen LogP contribution in [0.1, 0.15) is 43.2 Å². The Balaban J connectivity index is 1.23. The highest BCUT2D eigenvalue weighted by Gasteiger charge is 2.55. The summed E-state index contributed by atoms with van der Waals surface area (Å²) >= 11 is 1.89. The number of carbonyl (C=O) groups is 3. The van der Waals surface area contributed by atoms with Gasteiger partial charge in [-0.05, 0) is 61.1 Å². The molecule has 1 spiro atoms. The van der Waals surface area contributed by atoms with Crippen molar-refractivity contribution in [3.63, 3.8) is 0 Å². The molecule has 1 aliphatic heterocycles. The quantitative estimate of drug-likeness (QED) is 0.695. The number of imide groups is 1. The monoisotopic (exact) mass is 435 g/mol. The Labute approximate surface area is 185 Å². The molecule has 5 rings (SSSR count). The van der Waals surface area contributed by atoms with Crippen molar-refractivity contribution in [2.45, 2.75) is 54.2 Å². The average Bonchev–Trinajstić information content (AvgIpc) is 3.47. The number of aryl methyl sites for hydroxylation is 1. The van der Waals surface area contributed by atoms with E-state index in [0.717, 1.165) is 22.4 Å². The number of benzene rings is 2. The molecule has 1 atom stereocenters.